The Morgan fingerprint density at radius 1 is 1.00 bits per heavy atom. The van der Waals surface area contributed by atoms with Crippen molar-refractivity contribution in [2.45, 2.75) is 77.3 Å². The molecule has 0 aromatic heterocycles. The second-order valence-corrected chi connectivity index (χ2v) is 6.91. The summed E-state index contributed by atoms with van der Waals surface area (Å²) < 4.78 is 0. The third-order valence-electron chi connectivity index (χ3n) is 5.56. The highest BCUT2D eigenvalue weighted by molar-refractivity contribution is 4.90. The maximum Gasteiger partial charge on any atom is 0.0249 e. The largest absolute Gasteiger partial charge is 0.313 e. The average molecular weight is 266 g/mol. The summed E-state index contributed by atoms with van der Waals surface area (Å²) in [7, 11) is 2.38. The number of nitrogens with one attached hydrogen (secondary N) is 1. The minimum atomic E-state index is 0.735. The van der Waals surface area contributed by atoms with Crippen molar-refractivity contribution in [1.82, 2.24) is 10.2 Å². The van der Waals surface area contributed by atoms with E-state index in [1.807, 2.05) is 0 Å². The number of nitrogens with zero attached hydrogens (tertiary/aromatic N) is 1. The zero-order chi connectivity index (χ0) is 13.7. The molecule has 0 saturated heterocycles. The van der Waals surface area contributed by atoms with Gasteiger partial charge in [-0.25, -0.2) is 0 Å². The molecule has 19 heavy (non-hydrogen) atoms. The van der Waals surface area contributed by atoms with Crippen LogP contribution in [0.25, 0.3) is 0 Å². The van der Waals surface area contributed by atoms with Crippen LogP contribution in [0.5, 0.6) is 0 Å². The number of rotatable bonds is 6. The lowest BCUT2D eigenvalue weighted by Gasteiger charge is -2.42. The fraction of sp³-hybridized carbons (Fsp3) is 1.00. The summed E-state index contributed by atoms with van der Waals surface area (Å²) in [5, 5.41) is 3.74. The lowest BCUT2D eigenvalue weighted by atomic mass is 9.80. The molecule has 0 aromatic carbocycles. The van der Waals surface area contributed by atoms with E-state index in [9.17, 15) is 0 Å². The molecule has 2 aliphatic carbocycles. The second kappa shape index (κ2) is 7.64. The molecule has 1 N–H and O–H groups in total. The predicted octanol–water partition coefficient (Wildman–Crippen LogP) is 3.67. The molecule has 2 saturated carbocycles. The van der Waals surface area contributed by atoms with Crippen LogP contribution in [0, 0.1) is 11.8 Å². The summed E-state index contributed by atoms with van der Waals surface area (Å²) in [5.74, 6) is 1.94. The molecule has 2 heteroatoms. The van der Waals surface area contributed by atoms with Gasteiger partial charge in [0.1, 0.15) is 0 Å². The summed E-state index contributed by atoms with van der Waals surface area (Å²) in [6.45, 7) is 7.07. The molecule has 0 aromatic rings. The van der Waals surface area contributed by atoms with Gasteiger partial charge >= 0.3 is 0 Å². The van der Waals surface area contributed by atoms with Crippen molar-refractivity contribution in [1.29, 1.82) is 0 Å². The Morgan fingerprint density at radius 2 is 1.74 bits per heavy atom. The fourth-order valence-corrected chi connectivity index (χ4v) is 4.33. The number of hydrogen-bond donors (Lipinski definition) is 1. The van der Waals surface area contributed by atoms with Gasteiger partial charge in [-0.2, -0.15) is 0 Å². The summed E-state index contributed by atoms with van der Waals surface area (Å²) in [6, 6.07) is 1.51. The van der Waals surface area contributed by atoms with Crippen LogP contribution in [0.15, 0.2) is 0 Å². The maximum absolute atomic E-state index is 3.74. The fourth-order valence-electron chi connectivity index (χ4n) is 4.33. The lowest BCUT2D eigenvalue weighted by Crippen LogP contribution is -2.52. The van der Waals surface area contributed by atoms with Gasteiger partial charge in [-0.3, -0.25) is 0 Å². The summed E-state index contributed by atoms with van der Waals surface area (Å²) >= 11 is 0. The van der Waals surface area contributed by atoms with E-state index in [4.69, 9.17) is 0 Å². The molecule has 0 radical (unpaired) electrons. The smallest absolute Gasteiger partial charge is 0.0249 e. The molecule has 0 amide bonds. The van der Waals surface area contributed by atoms with Gasteiger partial charge in [-0.15, -0.1) is 0 Å². The third kappa shape index (κ3) is 4.19. The first-order valence-electron chi connectivity index (χ1n) is 8.68. The molecule has 3 unspecified atom stereocenters. The molecule has 2 fully saturated rings. The molecule has 0 bridgehead atoms. The van der Waals surface area contributed by atoms with E-state index in [1.54, 1.807) is 0 Å². The summed E-state index contributed by atoms with van der Waals surface area (Å²) in [4.78, 5) is 2.70. The van der Waals surface area contributed by atoms with Crippen LogP contribution < -0.4 is 5.32 Å². The zero-order valence-corrected chi connectivity index (χ0v) is 13.3. The molecule has 2 nitrogen and oxygen atoms in total. The monoisotopic (exact) mass is 266 g/mol. The normalized spacial score (nSPS) is 33.2. The van der Waals surface area contributed by atoms with Gasteiger partial charge in [0.2, 0.25) is 0 Å². The van der Waals surface area contributed by atoms with E-state index in [-0.39, 0.29) is 0 Å². The quantitative estimate of drug-likeness (QED) is 0.789. The summed E-state index contributed by atoms with van der Waals surface area (Å²) in [5.41, 5.74) is 0. The molecule has 0 heterocycles. The van der Waals surface area contributed by atoms with Crippen LogP contribution in [0.3, 0.4) is 0 Å². The Morgan fingerprint density at radius 3 is 2.37 bits per heavy atom. The highest BCUT2D eigenvalue weighted by atomic mass is 15.2. The van der Waals surface area contributed by atoms with Gasteiger partial charge in [0, 0.05) is 18.6 Å². The van der Waals surface area contributed by atoms with E-state index in [0.717, 1.165) is 30.5 Å². The van der Waals surface area contributed by atoms with Crippen molar-refractivity contribution < 1.29 is 0 Å². The zero-order valence-electron chi connectivity index (χ0n) is 13.3. The Kier molecular flexibility index (Phi) is 6.15. The number of likely N-dealkylation sites (N-methyl/N-ethyl adjacent to an activating group) is 2. The van der Waals surface area contributed by atoms with Gasteiger partial charge in [-0.05, 0) is 57.5 Å². The second-order valence-electron chi connectivity index (χ2n) is 6.91. The minimum absolute atomic E-state index is 0.735. The minimum Gasteiger partial charge on any atom is -0.313 e. The third-order valence-corrected chi connectivity index (χ3v) is 5.56. The maximum atomic E-state index is 3.74. The SMILES string of the molecule is CCNC1CCC(CC)CC1N(C)CC1CCCC1. The Balaban J connectivity index is 1.90. The van der Waals surface area contributed by atoms with Gasteiger partial charge in [0.25, 0.3) is 0 Å². The molecule has 0 spiro atoms. The van der Waals surface area contributed by atoms with Gasteiger partial charge < -0.3 is 10.2 Å². The van der Waals surface area contributed by atoms with Crippen molar-refractivity contribution in [2.24, 2.45) is 11.8 Å². The van der Waals surface area contributed by atoms with Gasteiger partial charge in [0.15, 0.2) is 0 Å². The number of hydrogen-bond acceptors (Lipinski definition) is 2. The highest BCUT2D eigenvalue weighted by Crippen LogP contribution is 2.32. The molecule has 0 aliphatic heterocycles. The van der Waals surface area contributed by atoms with Crippen LogP contribution in [-0.2, 0) is 0 Å². The lowest BCUT2D eigenvalue weighted by molar-refractivity contribution is 0.105. The van der Waals surface area contributed by atoms with E-state index in [2.05, 4.69) is 31.1 Å². The van der Waals surface area contributed by atoms with Crippen LogP contribution >= 0.6 is 0 Å². The molecule has 3 atom stereocenters. The van der Waals surface area contributed by atoms with E-state index < -0.39 is 0 Å². The van der Waals surface area contributed by atoms with Crippen LogP contribution in [-0.4, -0.2) is 37.1 Å². The molecule has 2 rings (SSSR count). The molecule has 112 valence electrons. The van der Waals surface area contributed by atoms with Crippen molar-refractivity contribution >= 4 is 0 Å². The first kappa shape index (κ1) is 15.3. The van der Waals surface area contributed by atoms with E-state index in [0.29, 0.717) is 0 Å². The van der Waals surface area contributed by atoms with Crippen LogP contribution in [0.2, 0.25) is 0 Å². The molecular formula is C17H34N2. The van der Waals surface area contributed by atoms with Crippen molar-refractivity contribution in [3.63, 3.8) is 0 Å². The first-order chi connectivity index (χ1) is 9.24. The van der Waals surface area contributed by atoms with Crippen LogP contribution in [0.1, 0.15) is 65.2 Å². The summed E-state index contributed by atoms with van der Waals surface area (Å²) in [6.07, 6.45) is 11.5. The Bertz CT molecular complexity index is 248. The molecular weight excluding hydrogens is 232 g/mol. The standard InChI is InChI=1S/C17H34N2/c1-4-14-10-11-16(18-5-2)17(12-14)19(3)13-15-8-6-7-9-15/h14-18H,4-13H2,1-3H3. The van der Waals surface area contributed by atoms with Crippen molar-refractivity contribution in [3.05, 3.63) is 0 Å². The Hall–Kier alpha value is -0.0800. The van der Waals surface area contributed by atoms with Crippen molar-refractivity contribution in [3.8, 4) is 0 Å². The predicted molar refractivity (Wildman–Crippen MR) is 83.5 cm³/mol. The van der Waals surface area contributed by atoms with Crippen LogP contribution in [0.4, 0.5) is 0 Å². The van der Waals surface area contributed by atoms with Crippen molar-refractivity contribution in [2.75, 3.05) is 20.1 Å². The van der Waals surface area contributed by atoms with E-state index >= 15 is 0 Å². The Labute approximate surface area is 120 Å². The van der Waals surface area contributed by atoms with Gasteiger partial charge in [-0.1, -0.05) is 33.1 Å². The van der Waals surface area contributed by atoms with E-state index in [1.165, 1.54) is 57.9 Å². The first-order valence-corrected chi connectivity index (χ1v) is 8.68. The topological polar surface area (TPSA) is 15.3 Å². The average Bonchev–Trinajstić information content (AvgIpc) is 2.92. The highest BCUT2D eigenvalue weighted by Gasteiger charge is 2.32. The molecule has 2 aliphatic rings. The van der Waals surface area contributed by atoms with Gasteiger partial charge in [0.05, 0.1) is 0 Å².